The third-order valence-electron chi connectivity index (χ3n) is 3.27. The van der Waals surface area contributed by atoms with E-state index in [1.807, 2.05) is 26.0 Å². The normalized spacial score (nSPS) is 14.1. The predicted molar refractivity (Wildman–Crippen MR) is 74.5 cm³/mol. The molecular formula is C16H18FNO. The molecule has 2 atom stereocenters. The zero-order valence-corrected chi connectivity index (χ0v) is 11.1. The Balaban J connectivity index is 2.08. The number of rotatable bonds is 4. The van der Waals surface area contributed by atoms with Gasteiger partial charge in [0.2, 0.25) is 0 Å². The maximum Gasteiger partial charge on any atom is 0.123 e. The van der Waals surface area contributed by atoms with Crippen molar-refractivity contribution in [2.45, 2.75) is 25.9 Å². The number of hydrogen-bond donors (Lipinski definition) is 2. The first kappa shape index (κ1) is 13.6. The summed E-state index contributed by atoms with van der Waals surface area (Å²) in [5, 5.41) is 13.2. The van der Waals surface area contributed by atoms with Gasteiger partial charge in [-0.05, 0) is 37.6 Å². The van der Waals surface area contributed by atoms with E-state index in [1.165, 1.54) is 12.1 Å². The topological polar surface area (TPSA) is 32.3 Å². The van der Waals surface area contributed by atoms with Crippen LogP contribution in [0.1, 0.15) is 37.1 Å². The summed E-state index contributed by atoms with van der Waals surface area (Å²) in [6.45, 7) is 4.01. The summed E-state index contributed by atoms with van der Waals surface area (Å²) in [4.78, 5) is 0. The lowest BCUT2D eigenvalue weighted by molar-refractivity contribution is 0.438. The largest absolute Gasteiger partial charge is 0.508 e. The second-order valence-electron chi connectivity index (χ2n) is 4.72. The van der Waals surface area contributed by atoms with Crippen molar-refractivity contribution in [2.75, 3.05) is 0 Å². The maximum absolute atomic E-state index is 12.9. The SMILES string of the molecule is CC(N[C@@H](C)c1ccc(F)cc1)c1ccccc1O. The zero-order chi connectivity index (χ0) is 13.8. The fourth-order valence-corrected chi connectivity index (χ4v) is 2.17. The van der Waals surface area contributed by atoms with Crippen LogP contribution >= 0.6 is 0 Å². The Bertz CT molecular complexity index is 539. The van der Waals surface area contributed by atoms with Gasteiger partial charge < -0.3 is 10.4 Å². The molecule has 2 aromatic carbocycles. The highest BCUT2D eigenvalue weighted by Crippen LogP contribution is 2.25. The van der Waals surface area contributed by atoms with Crippen LogP contribution in [0.25, 0.3) is 0 Å². The van der Waals surface area contributed by atoms with Gasteiger partial charge in [0.15, 0.2) is 0 Å². The zero-order valence-electron chi connectivity index (χ0n) is 11.1. The van der Waals surface area contributed by atoms with E-state index in [-0.39, 0.29) is 23.7 Å². The van der Waals surface area contributed by atoms with Crippen LogP contribution in [0.2, 0.25) is 0 Å². The number of nitrogens with one attached hydrogen (secondary N) is 1. The molecule has 3 heteroatoms. The molecule has 2 rings (SSSR count). The summed E-state index contributed by atoms with van der Waals surface area (Å²) in [7, 11) is 0. The Morgan fingerprint density at radius 1 is 0.947 bits per heavy atom. The van der Waals surface area contributed by atoms with E-state index in [0.717, 1.165) is 11.1 Å². The Hall–Kier alpha value is -1.87. The predicted octanol–water partition coefficient (Wildman–Crippen LogP) is 3.94. The van der Waals surface area contributed by atoms with Gasteiger partial charge in [0.05, 0.1) is 0 Å². The third kappa shape index (κ3) is 3.32. The molecule has 2 N–H and O–H groups in total. The second kappa shape index (κ2) is 5.85. The van der Waals surface area contributed by atoms with Crippen LogP contribution in [0.5, 0.6) is 5.75 Å². The highest BCUT2D eigenvalue weighted by atomic mass is 19.1. The molecule has 100 valence electrons. The lowest BCUT2D eigenvalue weighted by atomic mass is 10.0. The van der Waals surface area contributed by atoms with Crippen molar-refractivity contribution in [3.63, 3.8) is 0 Å². The van der Waals surface area contributed by atoms with Crippen molar-refractivity contribution >= 4 is 0 Å². The molecule has 0 aromatic heterocycles. The molecule has 0 bridgehead atoms. The van der Waals surface area contributed by atoms with Gasteiger partial charge in [0, 0.05) is 17.6 Å². The van der Waals surface area contributed by atoms with E-state index < -0.39 is 0 Å². The first-order valence-corrected chi connectivity index (χ1v) is 6.37. The molecule has 1 unspecified atom stereocenters. The van der Waals surface area contributed by atoms with E-state index >= 15 is 0 Å². The Kier molecular flexibility index (Phi) is 4.17. The van der Waals surface area contributed by atoms with Crippen molar-refractivity contribution in [1.29, 1.82) is 0 Å². The van der Waals surface area contributed by atoms with Gasteiger partial charge >= 0.3 is 0 Å². The van der Waals surface area contributed by atoms with E-state index in [9.17, 15) is 9.50 Å². The van der Waals surface area contributed by atoms with Crippen molar-refractivity contribution in [2.24, 2.45) is 0 Å². The Labute approximate surface area is 112 Å². The molecule has 0 fully saturated rings. The van der Waals surface area contributed by atoms with Crippen LogP contribution in [0.3, 0.4) is 0 Å². The van der Waals surface area contributed by atoms with Gasteiger partial charge in [-0.15, -0.1) is 0 Å². The summed E-state index contributed by atoms with van der Waals surface area (Å²) < 4.78 is 12.9. The number of para-hydroxylation sites is 1. The lowest BCUT2D eigenvalue weighted by Crippen LogP contribution is -2.22. The van der Waals surface area contributed by atoms with Crippen LogP contribution in [0.15, 0.2) is 48.5 Å². The maximum atomic E-state index is 12.9. The molecule has 2 aromatic rings. The summed E-state index contributed by atoms with van der Waals surface area (Å²) in [5.41, 5.74) is 1.88. The van der Waals surface area contributed by atoms with Gasteiger partial charge in [-0.1, -0.05) is 30.3 Å². The quantitative estimate of drug-likeness (QED) is 0.871. The first-order chi connectivity index (χ1) is 9.08. The molecule has 0 saturated carbocycles. The van der Waals surface area contributed by atoms with Gasteiger partial charge in [0.25, 0.3) is 0 Å². The van der Waals surface area contributed by atoms with Gasteiger partial charge in [-0.2, -0.15) is 0 Å². The smallest absolute Gasteiger partial charge is 0.123 e. The number of phenolic OH excluding ortho intramolecular Hbond substituents is 1. The first-order valence-electron chi connectivity index (χ1n) is 6.37. The highest BCUT2D eigenvalue weighted by molar-refractivity contribution is 5.34. The van der Waals surface area contributed by atoms with Crippen LogP contribution in [0.4, 0.5) is 4.39 Å². The molecule has 0 aliphatic carbocycles. The van der Waals surface area contributed by atoms with Gasteiger partial charge in [-0.3, -0.25) is 0 Å². The summed E-state index contributed by atoms with van der Waals surface area (Å²) in [5.74, 6) is 0.0542. The minimum Gasteiger partial charge on any atom is -0.508 e. The standard InChI is InChI=1S/C16H18FNO/c1-11(13-7-9-14(17)10-8-13)18-12(2)15-5-3-4-6-16(15)19/h3-12,18-19H,1-2H3/t11-,12?/m0/s1. The number of benzene rings is 2. The van der Waals surface area contributed by atoms with E-state index in [2.05, 4.69) is 5.32 Å². The van der Waals surface area contributed by atoms with E-state index in [1.54, 1.807) is 24.3 Å². The molecule has 0 heterocycles. The van der Waals surface area contributed by atoms with E-state index in [0.29, 0.717) is 0 Å². The highest BCUT2D eigenvalue weighted by Gasteiger charge is 2.13. The van der Waals surface area contributed by atoms with E-state index in [4.69, 9.17) is 0 Å². The number of phenols is 1. The second-order valence-corrected chi connectivity index (χ2v) is 4.72. The Morgan fingerprint density at radius 2 is 1.58 bits per heavy atom. The monoisotopic (exact) mass is 259 g/mol. The average Bonchev–Trinajstić information content (AvgIpc) is 2.39. The molecule has 0 aliphatic heterocycles. The van der Waals surface area contributed by atoms with Crippen molar-refractivity contribution in [3.05, 3.63) is 65.5 Å². The summed E-state index contributed by atoms with van der Waals surface area (Å²) >= 11 is 0. The molecule has 0 aliphatic rings. The van der Waals surface area contributed by atoms with Crippen LogP contribution in [-0.2, 0) is 0 Å². The number of aromatic hydroxyl groups is 1. The minimum atomic E-state index is -0.232. The average molecular weight is 259 g/mol. The molecule has 0 spiro atoms. The molecular weight excluding hydrogens is 241 g/mol. The summed E-state index contributed by atoms with van der Waals surface area (Å²) in [6, 6.07) is 13.8. The molecule has 0 saturated heterocycles. The lowest BCUT2D eigenvalue weighted by Gasteiger charge is -2.21. The molecule has 19 heavy (non-hydrogen) atoms. The third-order valence-corrected chi connectivity index (χ3v) is 3.27. The van der Waals surface area contributed by atoms with Crippen LogP contribution in [-0.4, -0.2) is 5.11 Å². The van der Waals surface area contributed by atoms with Gasteiger partial charge in [-0.25, -0.2) is 4.39 Å². The molecule has 2 nitrogen and oxygen atoms in total. The minimum absolute atomic E-state index is 0.0150. The Morgan fingerprint density at radius 3 is 2.21 bits per heavy atom. The van der Waals surface area contributed by atoms with Crippen LogP contribution in [0, 0.1) is 5.82 Å². The van der Waals surface area contributed by atoms with Crippen molar-refractivity contribution in [1.82, 2.24) is 5.32 Å². The summed E-state index contributed by atoms with van der Waals surface area (Å²) in [6.07, 6.45) is 0. The van der Waals surface area contributed by atoms with Crippen molar-refractivity contribution < 1.29 is 9.50 Å². The number of hydrogen-bond acceptors (Lipinski definition) is 2. The fraction of sp³-hybridized carbons (Fsp3) is 0.250. The fourth-order valence-electron chi connectivity index (χ4n) is 2.17. The number of halogens is 1. The molecule has 0 radical (unpaired) electrons. The van der Waals surface area contributed by atoms with Crippen molar-refractivity contribution in [3.8, 4) is 5.75 Å². The van der Waals surface area contributed by atoms with Crippen LogP contribution < -0.4 is 5.32 Å². The molecule has 0 amide bonds. The van der Waals surface area contributed by atoms with Gasteiger partial charge in [0.1, 0.15) is 11.6 Å².